The summed E-state index contributed by atoms with van der Waals surface area (Å²) >= 11 is 0. The molecule has 0 fully saturated rings. The Labute approximate surface area is 120 Å². The van der Waals surface area contributed by atoms with E-state index in [1.54, 1.807) is 13.8 Å². The van der Waals surface area contributed by atoms with E-state index in [9.17, 15) is 9.59 Å². The minimum atomic E-state index is -0.866. The van der Waals surface area contributed by atoms with E-state index >= 15 is 0 Å². The van der Waals surface area contributed by atoms with Gasteiger partial charge in [-0.3, -0.25) is 9.59 Å². The van der Waals surface area contributed by atoms with Gasteiger partial charge in [-0.2, -0.15) is 0 Å². The van der Waals surface area contributed by atoms with Gasteiger partial charge in [0.15, 0.2) is 5.92 Å². The first-order valence-electron chi connectivity index (χ1n) is 6.86. The molecule has 1 aromatic rings. The summed E-state index contributed by atoms with van der Waals surface area (Å²) in [6, 6.07) is 3.89. The molecule has 0 saturated heterocycles. The van der Waals surface area contributed by atoms with Gasteiger partial charge >= 0.3 is 11.9 Å². The molecule has 0 bridgehead atoms. The molecular weight excluding hydrogens is 256 g/mol. The lowest BCUT2D eigenvalue weighted by molar-refractivity contribution is -0.157. The minimum Gasteiger partial charge on any atom is -0.465 e. The molecule has 110 valence electrons. The fraction of sp³-hybridized carbons (Fsp3) is 0.500. The highest BCUT2D eigenvalue weighted by Crippen LogP contribution is 2.26. The zero-order chi connectivity index (χ0) is 15.3. The SMILES string of the molecule is CCOC(=O)C(CC)C(=O)Oc1c(C)cc(C)cc1C. The highest BCUT2D eigenvalue weighted by Gasteiger charge is 2.28. The summed E-state index contributed by atoms with van der Waals surface area (Å²) in [7, 11) is 0. The molecule has 0 aliphatic heterocycles. The van der Waals surface area contributed by atoms with Crippen molar-refractivity contribution >= 4 is 11.9 Å². The fourth-order valence-corrected chi connectivity index (χ4v) is 2.17. The lowest BCUT2D eigenvalue weighted by Crippen LogP contribution is -2.29. The van der Waals surface area contributed by atoms with Crippen molar-refractivity contribution in [2.75, 3.05) is 6.61 Å². The van der Waals surface area contributed by atoms with Gasteiger partial charge in [-0.05, 0) is 45.2 Å². The summed E-state index contributed by atoms with van der Waals surface area (Å²) in [5.41, 5.74) is 2.88. The molecule has 1 rings (SSSR count). The Bertz CT molecular complexity index is 482. The Morgan fingerprint density at radius 3 is 2.05 bits per heavy atom. The number of carbonyl (C=O) groups is 2. The molecule has 1 atom stereocenters. The third kappa shape index (κ3) is 3.83. The Morgan fingerprint density at radius 1 is 1.05 bits per heavy atom. The zero-order valence-electron chi connectivity index (χ0n) is 12.8. The third-order valence-electron chi connectivity index (χ3n) is 3.07. The van der Waals surface area contributed by atoms with Crippen LogP contribution >= 0.6 is 0 Å². The summed E-state index contributed by atoms with van der Waals surface area (Å²) in [5.74, 6) is -1.41. The maximum Gasteiger partial charge on any atom is 0.325 e. The van der Waals surface area contributed by atoms with Crippen molar-refractivity contribution in [3.05, 3.63) is 28.8 Å². The molecule has 4 heteroatoms. The monoisotopic (exact) mass is 278 g/mol. The number of benzene rings is 1. The summed E-state index contributed by atoms with van der Waals surface area (Å²) in [5, 5.41) is 0. The van der Waals surface area contributed by atoms with E-state index in [-0.39, 0.29) is 6.61 Å². The predicted molar refractivity (Wildman–Crippen MR) is 76.7 cm³/mol. The maximum atomic E-state index is 12.1. The van der Waals surface area contributed by atoms with Crippen molar-refractivity contribution in [3.8, 4) is 5.75 Å². The first kappa shape index (κ1) is 16.2. The topological polar surface area (TPSA) is 52.6 Å². The molecule has 0 aromatic heterocycles. The van der Waals surface area contributed by atoms with Crippen molar-refractivity contribution in [1.82, 2.24) is 0 Å². The molecule has 0 aliphatic rings. The van der Waals surface area contributed by atoms with Crippen LogP contribution in [0.25, 0.3) is 0 Å². The number of carbonyl (C=O) groups excluding carboxylic acids is 2. The molecule has 4 nitrogen and oxygen atoms in total. The van der Waals surface area contributed by atoms with E-state index in [1.807, 2.05) is 32.9 Å². The van der Waals surface area contributed by atoms with Gasteiger partial charge in [0.05, 0.1) is 6.61 Å². The minimum absolute atomic E-state index is 0.255. The average molecular weight is 278 g/mol. The summed E-state index contributed by atoms with van der Waals surface area (Å²) in [6.45, 7) is 9.48. The first-order chi connectivity index (χ1) is 9.40. The number of ether oxygens (including phenoxy) is 2. The van der Waals surface area contributed by atoms with Crippen LogP contribution in [0.3, 0.4) is 0 Å². The van der Waals surface area contributed by atoms with Crippen LogP contribution in [0.2, 0.25) is 0 Å². The van der Waals surface area contributed by atoms with Crippen molar-refractivity contribution in [1.29, 1.82) is 0 Å². The molecule has 0 saturated carbocycles. The van der Waals surface area contributed by atoms with Crippen LogP contribution in [0.1, 0.15) is 37.0 Å². The zero-order valence-corrected chi connectivity index (χ0v) is 12.8. The fourth-order valence-electron chi connectivity index (χ4n) is 2.17. The van der Waals surface area contributed by atoms with Gasteiger partial charge < -0.3 is 9.47 Å². The third-order valence-corrected chi connectivity index (χ3v) is 3.07. The second-order valence-corrected chi connectivity index (χ2v) is 4.86. The molecule has 0 amide bonds. The first-order valence-corrected chi connectivity index (χ1v) is 6.86. The van der Waals surface area contributed by atoms with Crippen LogP contribution in [0, 0.1) is 26.7 Å². The summed E-state index contributed by atoms with van der Waals surface area (Å²) < 4.78 is 10.3. The molecule has 0 N–H and O–H groups in total. The number of hydrogen-bond acceptors (Lipinski definition) is 4. The number of rotatable bonds is 5. The standard InChI is InChI=1S/C16H22O4/c1-6-13(15(17)19-7-2)16(18)20-14-11(4)8-10(3)9-12(14)5/h8-9,13H,6-7H2,1-5H3. The average Bonchev–Trinajstić information content (AvgIpc) is 2.35. The molecule has 20 heavy (non-hydrogen) atoms. The predicted octanol–water partition coefficient (Wildman–Crippen LogP) is 3.11. The number of hydrogen-bond donors (Lipinski definition) is 0. The lowest BCUT2D eigenvalue weighted by Gasteiger charge is -2.16. The van der Waals surface area contributed by atoms with Crippen molar-refractivity contribution < 1.29 is 19.1 Å². The number of esters is 2. The van der Waals surface area contributed by atoms with Gasteiger partial charge in [0, 0.05) is 0 Å². The maximum absolute atomic E-state index is 12.1. The normalized spacial score (nSPS) is 11.8. The summed E-state index contributed by atoms with van der Waals surface area (Å²) in [6.07, 6.45) is 0.363. The largest absolute Gasteiger partial charge is 0.465 e. The Kier molecular flexibility index (Phi) is 5.74. The van der Waals surface area contributed by atoms with Crippen molar-refractivity contribution in [2.24, 2.45) is 5.92 Å². The Balaban J connectivity index is 2.92. The van der Waals surface area contributed by atoms with E-state index in [0.29, 0.717) is 12.2 Å². The number of aryl methyl sites for hydroxylation is 3. The van der Waals surface area contributed by atoms with Crippen LogP contribution in [-0.4, -0.2) is 18.5 Å². The molecule has 0 radical (unpaired) electrons. The van der Waals surface area contributed by atoms with Gasteiger partial charge in [-0.25, -0.2) is 0 Å². The quantitative estimate of drug-likeness (QED) is 0.472. The molecule has 0 heterocycles. The van der Waals surface area contributed by atoms with E-state index < -0.39 is 17.9 Å². The highest BCUT2D eigenvalue weighted by molar-refractivity contribution is 5.95. The Hall–Kier alpha value is -1.84. The van der Waals surface area contributed by atoms with Gasteiger partial charge in [-0.1, -0.05) is 24.6 Å². The molecule has 0 spiro atoms. The van der Waals surface area contributed by atoms with Crippen molar-refractivity contribution in [3.63, 3.8) is 0 Å². The smallest absolute Gasteiger partial charge is 0.325 e. The molecule has 1 aromatic carbocycles. The van der Waals surface area contributed by atoms with E-state index in [4.69, 9.17) is 9.47 Å². The van der Waals surface area contributed by atoms with Crippen molar-refractivity contribution in [2.45, 2.75) is 41.0 Å². The van der Waals surface area contributed by atoms with Gasteiger partial charge in [-0.15, -0.1) is 0 Å². The molecule has 1 unspecified atom stereocenters. The van der Waals surface area contributed by atoms with E-state index in [1.165, 1.54) is 0 Å². The van der Waals surface area contributed by atoms with Gasteiger partial charge in [0.25, 0.3) is 0 Å². The van der Waals surface area contributed by atoms with Crippen LogP contribution < -0.4 is 4.74 Å². The molecular formula is C16H22O4. The highest BCUT2D eigenvalue weighted by atomic mass is 16.6. The van der Waals surface area contributed by atoms with E-state index in [2.05, 4.69) is 0 Å². The van der Waals surface area contributed by atoms with Gasteiger partial charge in [0.1, 0.15) is 5.75 Å². The molecule has 0 aliphatic carbocycles. The van der Waals surface area contributed by atoms with Gasteiger partial charge in [0.2, 0.25) is 0 Å². The van der Waals surface area contributed by atoms with E-state index in [0.717, 1.165) is 16.7 Å². The van der Waals surface area contributed by atoms with Crippen LogP contribution in [0.15, 0.2) is 12.1 Å². The second-order valence-electron chi connectivity index (χ2n) is 4.86. The van der Waals surface area contributed by atoms with Crippen LogP contribution in [0.4, 0.5) is 0 Å². The second kappa shape index (κ2) is 7.08. The van der Waals surface area contributed by atoms with Crippen LogP contribution in [-0.2, 0) is 14.3 Å². The Morgan fingerprint density at radius 2 is 1.60 bits per heavy atom. The lowest BCUT2D eigenvalue weighted by atomic mass is 10.1. The van der Waals surface area contributed by atoms with Crippen LogP contribution in [0.5, 0.6) is 5.75 Å². The summed E-state index contributed by atoms with van der Waals surface area (Å²) in [4.78, 5) is 23.8.